The van der Waals surface area contributed by atoms with Gasteiger partial charge in [-0.15, -0.1) is 17.7 Å². The maximum absolute atomic E-state index is 12.5. The van der Waals surface area contributed by atoms with Crippen molar-refractivity contribution in [1.82, 2.24) is 0 Å². The molecule has 5 N–H and O–H groups in total. The van der Waals surface area contributed by atoms with Crippen LogP contribution in [-0.2, 0) is 41.6 Å². The summed E-state index contributed by atoms with van der Waals surface area (Å²) in [4.78, 5) is 10.9. The minimum atomic E-state index is -4.60. The number of fused-ring (bicyclic) bond motifs is 2. The van der Waals surface area contributed by atoms with Crippen molar-refractivity contribution in [3.05, 3.63) is 131 Å². The van der Waals surface area contributed by atoms with E-state index >= 15 is 0 Å². The summed E-state index contributed by atoms with van der Waals surface area (Å²) in [7, 11) is -11.5. The smallest absolute Gasteiger partial charge is 0.296 e. The molecule has 0 radical (unpaired) electrons. The Labute approximate surface area is 399 Å². The number of ether oxygens (including phenoxy) is 1. The van der Waals surface area contributed by atoms with Gasteiger partial charge in [-0.3, -0.25) is 18.5 Å². The van der Waals surface area contributed by atoms with E-state index < -0.39 is 36.1 Å². The number of hydrogen-bond acceptors (Lipinski definition) is 15. The molecule has 1 aliphatic carbocycles. The summed E-state index contributed by atoms with van der Waals surface area (Å²) in [6.45, 7) is 5.59. The first-order valence-corrected chi connectivity index (χ1v) is 25.8. The van der Waals surface area contributed by atoms with E-state index in [1.54, 1.807) is 38.2 Å². The Morgan fingerprint density at radius 2 is 1.54 bits per heavy atom. The number of aryl methyl sites for hydroxylation is 2. The van der Waals surface area contributed by atoms with Crippen LogP contribution in [0, 0.1) is 6.92 Å². The SMILES string of the molecule is CCc1cc(N=NC2CC=C(C=O)C=C2C)ccc1N=Nc1c(S(=O)(=O)O)cc2cc(Nc3ccccc3)ccc2c1C.CNc1cc2c(OCCCS(=O)(=O)O)cc(S(=O)(=O)O)cc2cc1S. The fraction of sp³-hybridized carbons (Fsp3) is 0.213. The van der Waals surface area contributed by atoms with Crippen molar-refractivity contribution in [2.24, 2.45) is 20.5 Å². The minimum Gasteiger partial charge on any atom is -0.493 e. The summed E-state index contributed by atoms with van der Waals surface area (Å²) in [6.07, 6.45) is 5.75. The van der Waals surface area contributed by atoms with Gasteiger partial charge in [0.15, 0.2) is 0 Å². The Kier molecular flexibility index (Phi) is 16.3. The van der Waals surface area contributed by atoms with Crippen LogP contribution in [0.25, 0.3) is 21.5 Å². The van der Waals surface area contributed by atoms with E-state index in [-0.39, 0.29) is 40.3 Å². The number of benzene rings is 6. The molecule has 0 fully saturated rings. The van der Waals surface area contributed by atoms with Crippen LogP contribution in [-0.4, -0.2) is 70.6 Å². The van der Waals surface area contributed by atoms with E-state index in [1.165, 1.54) is 12.1 Å². The number of rotatable bonds is 16. The second-order valence-corrected chi connectivity index (χ2v) is 20.4. The third-order valence-corrected chi connectivity index (χ3v) is 13.6. The molecule has 6 aromatic rings. The van der Waals surface area contributed by atoms with Gasteiger partial charge in [0.25, 0.3) is 30.4 Å². The predicted molar refractivity (Wildman–Crippen MR) is 266 cm³/mol. The first kappa shape index (κ1) is 51.1. The second kappa shape index (κ2) is 21.7. The van der Waals surface area contributed by atoms with Crippen LogP contribution in [0.1, 0.15) is 37.8 Å². The van der Waals surface area contributed by atoms with Gasteiger partial charge >= 0.3 is 0 Å². The lowest BCUT2D eigenvalue weighted by molar-refractivity contribution is -0.104. The Hall–Kier alpha value is -6.33. The van der Waals surface area contributed by atoms with E-state index in [0.717, 1.165) is 40.3 Å². The summed E-state index contributed by atoms with van der Waals surface area (Å²) in [6, 6.07) is 27.7. The molecule has 0 amide bonds. The molecule has 1 aliphatic rings. The van der Waals surface area contributed by atoms with Crippen molar-refractivity contribution in [2.45, 2.75) is 60.8 Å². The maximum Gasteiger partial charge on any atom is 0.296 e. The molecule has 1 unspecified atom stereocenters. The third-order valence-electron chi connectivity index (χ3n) is 10.7. The number of anilines is 3. The zero-order valence-corrected chi connectivity index (χ0v) is 40.5. The van der Waals surface area contributed by atoms with Gasteiger partial charge in [-0.25, -0.2) is 0 Å². The number of allylic oxidation sites excluding steroid dienone is 2. The number of nitrogens with zero attached hydrogens (tertiary/aromatic N) is 4. The number of para-hydroxylation sites is 1. The molecule has 0 heterocycles. The Morgan fingerprint density at radius 1 is 0.809 bits per heavy atom. The van der Waals surface area contributed by atoms with Crippen LogP contribution < -0.4 is 15.4 Å². The monoisotopic (exact) mass is 1000 g/mol. The number of azo groups is 2. The molecule has 68 heavy (non-hydrogen) atoms. The van der Waals surface area contributed by atoms with Crippen LogP contribution in [0.15, 0.2) is 156 Å². The lowest BCUT2D eigenvalue weighted by atomic mass is 9.97. The van der Waals surface area contributed by atoms with Gasteiger partial charge in [0.1, 0.15) is 22.6 Å². The molecule has 17 nitrogen and oxygen atoms in total. The van der Waals surface area contributed by atoms with Crippen molar-refractivity contribution < 1.29 is 48.4 Å². The molecule has 1 atom stereocenters. The number of hydrogen-bond donors (Lipinski definition) is 6. The molecule has 0 saturated carbocycles. The standard InChI is InChI=1S/C33H31N5O4S.C14H17NO7S3/c1-4-24-17-28(35-36-30-14-10-23(20-39)16-21(30)2)12-15-31(24)37-38-33-22(3)29-13-11-27(34-26-8-6-5-7-9-26)18-25(29)19-32(33)43(40,41)42;1-15-12-8-11-9(6-14(12)23)5-10(25(19,20)21)7-13(11)22-3-2-4-24(16,17)18/h5-13,15-20,30,34H,4,14H2,1-3H3,(H,40,41,42);5-8,15,23H,2-4H2,1H3,(H,16,17,18)(H,19,20,21). The summed E-state index contributed by atoms with van der Waals surface area (Å²) in [5.41, 5.74) is 6.67. The van der Waals surface area contributed by atoms with E-state index in [9.17, 15) is 39.2 Å². The predicted octanol–water partition coefficient (Wildman–Crippen LogP) is 11.1. The van der Waals surface area contributed by atoms with E-state index in [4.69, 9.17) is 9.29 Å². The van der Waals surface area contributed by atoms with Crippen LogP contribution in [0.4, 0.5) is 34.1 Å². The first-order chi connectivity index (χ1) is 32.2. The Bertz CT molecular complexity index is 3360. The van der Waals surface area contributed by atoms with E-state index in [2.05, 4.69) is 43.7 Å². The van der Waals surface area contributed by atoms with Crippen LogP contribution in [0.5, 0.6) is 5.75 Å². The van der Waals surface area contributed by atoms with Gasteiger partial charge in [0.2, 0.25) is 0 Å². The van der Waals surface area contributed by atoms with Crippen LogP contribution in [0.2, 0.25) is 0 Å². The molecule has 0 aliphatic heterocycles. The molecule has 0 bridgehead atoms. The van der Waals surface area contributed by atoms with Crippen LogP contribution in [0.3, 0.4) is 0 Å². The van der Waals surface area contributed by atoms with Crippen molar-refractivity contribution in [1.29, 1.82) is 0 Å². The average Bonchev–Trinajstić information content (AvgIpc) is 3.29. The molecule has 0 saturated heterocycles. The van der Waals surface area contributed by atoms with Gasteiger partial charge < -0.3 is 15.4 Å². The zero-order chi connectivity index (χ0) is 49.4. The molecule has 356 valence electrons. The molecular weight excluding hydrogens is 953 g/mol. The van der Waals surface area contributed by atoms with Gasteiger partial charge in [-0.1, -0.05) is 43.3 Å². The molecule has 0 spiro atoms. The number of carbonyl (C=O) groups is 1. The summed E-state index contributed by atoms with van der Waals surface area (Å²) >= 11 is 4.30. The lowest BCUT2D eigenvalue weighted by Gasteiger charge is -2.14. The summed E-state index contributed by atoms with van der Waals surface area (Å²) in [5, 5.41) is 26.3. The highest BCUT2D eigenvalue weighted by Gasteiger charge is 2.21. The van der Waals surface area contributed by atoms with Gasteiger partial charge in [0.05, 0.1) is 34.7 Å². The normalized spacial score (nSPS) is 14.4. The fourth-order valence-electron chi connectivity index (χ4n) is 7.19. The quantitative estimate of drug-likeness (QED) is 0.0173. The lowest BCUT2D eigenvalue weighted by Crippen LogP contribution is -2.09. The topological polar surface area (TPSA) is 263 Å². The highest BCUT2D eigenvalue weighted by molar-refractivity contribution is 7.86. The summed E-state index contributed by atoms with van der Waals surface area (Å²) < 4.78 is 103. The first-order valence-electron chi connectivity index (χ1n) is 20.9. The van der Waals surface area contributed by atoms with Crippen LogP contribution >= 0.6 is 12.6 Å². The number of carbonyl (C=O) groups excluding carboxylic acids is 1. The molecule has 21 heteroatoms. The number of nitrogens with one attached hydrogen (secondary N) is 2. The molecule has 6 aromatic carbocycles. The van der Waals surface area contributed by atoms with Crippen molar-refractivity contribution >= 4 is 105 Å². The Balaban J connectivity index is 0.000000259. The fourth-order valence-corrected chi connectivity index (χ4v) is 9.23. The maximum atomic E-state index is 12.5. The highest BCUT2D eigenvalue weighted by Crippen LogP contribution is 2.39. The van der Waals surface area contributed by atoms with Gasteiger partial charge in [-0.05, 0) is 133 Å². The highest BCUT2D eigenvalue weighted by atomic mass is 32.2. The van der Waals surface area contributed by atoms with E-state index in [1.807, 2.05) is 80.6 Å². The molecule has 0 aromatic heterocycles. The second-order valence-electron chi connectivity index (χ2n) is 15.5. The van der Waals surface area contributed by atoms with Crippen molar-refractivity contribution in [3.8, 4) is 5.75 Å². The van der Waals surface area contributed by atoms with Crippen molar-refractivity contribution in [3.63, 3.8) is 0 Å². The zero-order valence-electron chi connectivity index (χ0n) is 37.2. The minimum absolute atomic E-state index is 0.0139. The largest absolute Gasteiger partial charge is 0.493 e. The molecule has 7 rings (SSSR count). The molecular formula is C47H48N6O11S4. The van der Waals surface area contributed by atoms with Gasteiger partial charge in [-0.2, -0.15) is 40.6 Å². The Morgan fingerprint density at radius 3 is 2.19 bits per heavy atom. The number of aldehydes is 1. The van der Waals surface area contributed by atoms with Crippen molar-refractivity contribution in [2.75, 3.05) is 30.0 Å². The number of thiol groups is 1. The van der Waals surface area contributed by atoms with E-state index in [0.29, 0.717) is 62.1 Å². The summed E-state index contributed by atoms with van der Waals surface area (Å²) in [5.74, 6) is -0.323. The third kappa shape index (κ3) is 13.2. The van der Waals surface area contributed by atoms with Gasteiger partial charge in [0, 0.05) is 46.0 Å². The average molecular weight is 1000 g/mol.